The minimum absolute atomic E-state index is 0.207. The van der Waals surface area contributed by atoms with Gasteiger partial charge in [-0.15, -0.1) is 0 Å². The summed E-state index contributed by atoms with van der Waals surface area (Å²) in [4.78, 5) is 32.3. The molecular weight excluding hydrogens is 388 g/mol. The van der Waals surface area contributed by atoms with Gasteiger partial charge in [-0.3, -0.25) is 9.78 Å². The molecule has 0 saturated carbocycles. The lowest BCUT2D eigenvalue weighted by molar-refractivity contribution is -0.144. The molecule has 0 spiro atoms. The van der Waals surface area contributed by atoms with Crippen molar-refractivity contribution in [3.8, 4) is 11.3 Å². The van der Waals surface area contributed by atoms with E-state index in [1.807, 2.05) is 16.7 Å². The topological polar surface area (TPSA) is 95.3 Å². The van der Waals surface area contributed by atoms with Gasteiger partial charge in [-0.2, -0.15) is 0 Å². The van der Waals surface area contributed by atoms with Crippen LogP contribution >= 0.6 is 0 Å². The zero-order valence-corrected chi connectivity index (χ0v) is 18.8. The van der Waals surface area contributed by atoms with Gasteiger partial charge in [0.05, 0.1) is 24.8 Å². The average molecular weight is 419 g/mol. The van der Waals surface area contributed by atoms with Crippen molar-refractivity contribution in [2.75, 3.05) is 13.7 Å². The summed E-state index contributed by atoms with van der Waals surface area (Å²) in [6.45, 7) is 9.32. The third-order valence-electron chi connectivity index (χ3n) is 4.34. The minimum atomic E-state index is -1.17. The number of nitrogens with zero attached hydrogens (tertiary/aromatic N) is 3. The van der Waals surface area contributed by atoms with E-state index >= 15 is 0 Å². The van der Waals surface area contributed by atoms with Gasteiger partial charge in [0.2, 0.25) is 5.91 Å². The van der Waals surface area contributed by atoms with Gasteiger partial charge in [-0.25, -0.2) is 9.78 Å². The van der Waals surface area contributed by atoms with Crippen molar-refractivity contribution >= 4 is 20.0 Å². The first kappa shape index (κ1) is 22.8. The molecule has 0 aliphatic rings. The van der Waals surface area contributed by atoms with Crippen molar-refractivity contribution in [2.45, 2.75) is 51.8 Å². The van der Waals surface area contributed by atoms with E-state index in [9.17, 15) is 9.59 Å². The molecule has 0 saturated heterocycles. The molecule has 1 N–H and O–H groups in total. The maximum absolute atomic E-state index is 12.1. The van der Waals surface area contributed by atoms with Crippen molar-refractivity contribution in [2.24, 2.45) is 0 Å². The summed E-state index contributed by atoms with van der Waals surface area (Å²) in [5.41, 5.74) is 2.33. The van der Waals surface area contributed by atoms with Crippen LogP contribution in [-0.4, -0.2) is 54.2 Å². The SMILES string of the molecule is COC(=O)[C@H](Cc1ncn(COCC[Si](C)(C)C)c1-c1cccnc1)NC(C)=O. The highest BCUT2D eigenvalue weighted by molar-refractivity contribution is 6.76. The van der Waals surface area contributed by atoms with Gasteiger partial charge in [0.1, 0.15) is 12.8 Å². The Hall–Kier alpha value is -2.52. The zero-order chi connectivity index (χ0) is 21.4. The van der Waals surface area contributed by atoms with Gasteiger partial charge in [0.15, 0.2) is 0 Å². The Morgan fingerprint density at radius 2 is 2.07 bits per heavy atom. The Balaban J connectivity index is 2.26. The second-order valence-electron chi connectivity index (χ2n) is 8.08. The molecule has 0 aliphatic heterocycles. The van der Waals surface area contributed by atoms with Crippen molar-refractivity contribution in [3.63, 3.8) is 0 Å². The monoisotopic (exact) mass is 418 g/mol. The molecule has 2 aromatic rings. The van der Waals surface area contributed by atoms with Gasteiger partial charge in [-0.05, 0) is 18.2 Å². The van der Waals surface area contributed by atoms with Crippen molar-refractivity contribution in [1.82, 2.24) is 19.9 Å². The van der Waals surface area contributed by atoms with Gasteiger partial charge < -0.3 is 19.4 Å². The van der Waals surface area contributed by atoms with Gasteiger partial charge in [0, 0.05) is 46.0 Å². The van der Waals surface area contributed by atoms with Crippen LogP contribution in [0, 0.1) is 0 Å². The molecule has 0 unspecified atom stereocenters. The molecule has 0 fully saturated rings. The number of ether oxygens (including phenoxy) is 2. The Labute approximate surface area is 172 Å². The Morgan fingerprint density at radius 1 is 1.31 bits per heavy atom. The molecule has 8 nitrogen and oxygen atoms in total. The molecule has 2 aromatic heterocycles. The molecule has 0 aromatic carbocycles. The number of hydrogen-bond acceptors (Lipinski definition) is 6. The molecule has 0 radical (unpaired) electrons. The summed E-state index contributed by atoms with van der Waals surface area (Å²) in [5, 5.41) is 2.63. The van der Waals surface area contributed by atoms with Crippen molar-refractivity contribution < 1.29 is 19.1 Å². The van der Waals surface area contributed by atoms with Crippen LogP contribution in [-0.2, 0) is 32.2 Å². The molecule has 1 atom stereocenters. The number of carbonyl (C=O) groups is 2. The number of imidazole rings is 1. The fourth-order valence-corrected chi connectivity index (χ4v) is 3.58. The van der Waals surface area contributed by atoms with Crippen molar-refractivity contribution in [1.29, 1.82) is 0 Å². The lowest BCUT2D eigenvalue weighted by atomic mass is 10.1. The van der Waals surface area contributed by atoms with E-state index in [0.29, 0.717) is 19.0 Å². The van der Waals surface area contributed by atoms with Gasteiger partial charge >= 0.3 is 5.97 Å². The third kappa shape index (κ3) is 7.10. The maximum Gasteiger partial charge on any atom is 0.328 e. The first-order chi connectivity index (χ1) is 13.7. The summed E-state index contributed by atoms with van der Waals surface area (Å²) in [7, 11) is 0.122. The third-order valence-corrected chi connectivity index (χ3v) is 6.04. The van der Waals surface area contributed by atoms with Crippen LogP contribution in [0.1, 0.15) is 12.6 Å². The average Bonchev–Trinajstić information content (AvgIpc) is 3.06. The van der Waals surface area contributed by atoms with E-state index in [0.717, 1.165) is 17.3 Å². The van der Waals surface area contributed by atoms with Crippen LogP contribution in [0.15, 0.2) is 30.9 Å². The molecule has 0 aliphatic carbocycles. The highest BCUT2D eigenvalue weighted by Gasteiger charge is 2.25. The van der Waals surface area contributed by atoms with Crippen LogP contribution in [0.2, 0.25) is 25.7 Å². The zero-order valence-electron chi connectivity index (χ0n) is 17.8. The summed E-state index contributed by atoms with van der Waals surface area (Å²) in [6.07, 6.45) is 5.33. The number of nitrogens with one attached hydrogen (secondary N) is 1. The van der Waals surface area contributed by atoms with E-state index in [4.69, 9.17) is 9.47 Å². The minimum Gasteiger partial charge on any atom is -0.467 e. The van der Waals surface area contributed by atoms with Gasteiger partial charge in [-0.1, -0.05) is 19.6 Å². The van der Waals surface area contributed by atoms with E-state index < -0.39 is 20.1 Å². The normalized spacial score (nSPS) is 12.4. The Morgan fingerprint density at radius 3 is 2.66 bits per heavy atom. The summed E-state index contributed by atoms with van der Waals surface area (Å²) in [6, 6.07) is 4.03. The maximum atomic E-state index is 12.1. The number of esters is 1. The molecule has 2 rings (SSSR count). The highest BCUT2D eigenvalue weighted by atomic mass is 28.3. The van der Waals surface area contributed by atoms with Crippen LogP contribution in [0.3, 0.4) is 0 Å². The standard InChI is InChI=1S/C20H30N4O4Si/c1-15(25)23-18(20(26)27-2)11-17-19(16-7-6-8-21-12-16)24(13-22-17)14-28-9-10-29(3,4)5/h6-8,12-13,18H,9-11,14H2,1-5H3,(H,23,25)/t18-/m0/s1. The largest absolute Gasteiger partial charge is 0.467 e. The fourth-order valence-electron chi connectivity index (χ4n) is 2.82. The number of rotatable bonds is 10. The lowest BCUT2D eigenvalue weighted by Gasteiger charge is -2.17. The molecule has 0 bridgehead atoms. The molecular formula is C20H30N4O4Si. The number of pyridine rings is 1. The Bertz CT molecular complexity index is 818. The summed E-state index contributed by atoms with van der Waals surface area (Å²) >= 11 is 0. The molecule has 29 heavy (non-hydrogen) atoms. The van der Waals surface area contributed by atoms with Crippen LogP contribution in [0.5, 0.6) is 0 Å². The molecule has 2 heterocycles. The van der Waals surface area contributed by atoms with Crippen LogP contribution < -0.4 is 5.32 Å². The van der Waals surface area contributed by atoms with E-state index in [1.165, 1.54) is 14.0 Å². The number of aromatic nitrogens is 3. The second-order valence-corrected chi connectivity index (χ2v) is 13.7. The quantitative estimate of drug-likeness (QED) is 0.362. The number of carbonyl (C=O) groups excluding carboxylic acids is 2. The van der Waals surface area contributed by atoms with Crippen LogP contribution in [0.25, 0.3) is 11.3 Å². The second kappa shape index (κ2) is 10.3. The predicted molar refractivity (Wildman–Crippen MR) is 113 cm³/mol. The first-order valence-electron chi connectivity index (χ1n) is 9.58. The molecule has 1 amide bonds. The van der Waals surface area contributed by atoms with Crippen LogP contribution in [0.4, 0.5) is 0 Å². The van der Waals surface area contributed by atoms with Gasteiger partial charge in [0.25, 0.3) is 0 Å². The summed E-state index contributed by atoms with van der Waals surface area (Å²) < 4.78 is 12.6. The summed E-state index contributed by atoms with van der Waals surface area (Å²) in [5.74, 6) is -0.823. The number of methoxy groups -OCH3 is 1. The smallest absolute Gasteiger partial charge is 0.328 e. The number of hydrogen-bond donors (Lipinski definition) is 1. The van der Waals surface area contributed by atoms with E-state index in [-0.39, 0.29) is 12.3 Å². The molecule has 158 valence electrons. The lowest BCUT2D eigenvalue weighted by Crippen LogP contribution is -2.42. The van der Waals surface area contributed by atoms with E-state index in [1.54, 1.807) is 18.7 Å². The van der Waals surface area contributed by atoms with Crippen molar-refractivity contribution in [3.05, 3.63) is 36.5 Å². The van der Waals surface area contributed by atoms with E-state index in [2.05, 4.69) is 34.9 Å². The molecule has 9 heteroatoms. The number of amides is 1. The Kier molecular flexibility index (Phi) is 8.09. The fraction of sp³-hybridized carbons (Fsp3) is 0.500. The first-order valence-corrected chi connectivity index (χ1v) is 13.3. The predicted octanol–water partition coefficient (Wildman–Crippen LogP) is 2.48. The highest BCUT2D eigenvalue weighted by Crippen LogP contribution is 2.24.